The topological polar surface area (TPSA) is 100 Å². The molecule has 1 aliphatic heterocycles. The summed E-state index contributed by atoms with van der Waals surface area (Å²) in [5, 5.41) is 6.42. The second kappa shape index (κ2) is 9.59. The lowest BCUT2D eigenvalue weighted by atomic mass is 10.1. The first kappa shape index (κ1) is 19.5. The summed E-state index contributed by atoms with van der Waals surface area (Å²) in [5.74, 6) is 0.822. The van der Waals surface area contributed by atoms with Gasteiger partial charge in [0.2, 0.25) is 0 Å². The second-order valence-electron chi connectivity index (χ2n) is 5.59. The standard InChI is InChI=1S/C14H28N4O4S/c1-4-22-14(19)18-9-6-12(7-10-18)17-13(15-2)16-8-5-11-23(3,20)21/h12H,4-11H2,1-3H3,(H2,15,16,17). The molecule has 1 aliphatic rings. The normalized spacial score (nSPS) is 17.0. The Morgan fingerprint density at radius 2 is 2.00 bits per heavy atom. The minimum atomic E-state index is -2.92. The van der Waals surface area contributed by atoms with Gasteiger partial charge in [-0.2, -0.15) is 0 Å². The van der Waals surface area contributed by atoms with Crippen LogP contribution in [0.3, 0.4) is 0 Å². The summed E-state index contributed by atoms with van der Waals surface area (Å²) in [6.45, 7) is 4.05. The zero-order valence-corrected chi connectivity index (χ0v) is 15.0. The van der Waals surface area contributed by atoms with Crippen molar-refractivity contribution < 1.29 is 17.9 Å². The molecule has 1 saturated heterocycles. The maximum absolute atomic E-state index is 11.6. The van der Waals surface area contributed by atoms with Crippen LogP contribution in [0.4, 0.5) is 4.79 Å². The molecule has 1 rings (SSSR count). The number of hydrogen-bond donors (Lipinski definition) is 2. The zero-order chi connectivity index (χ0) is 17.3. The number of ether oxygens (including phenoxy) is 1. The molecule has 0 spiro atoms. The van der Waals surface area contributed by atoms with E-state index in [4.69, 9.17) is 4.74 Å². The highest BCUT2D eigenvalue weighted by Gasteiger charge is 2.23. The monoisotopic (exact) mass is 348 g/mol. The molecular weight excluding hydrogens is 320 g/mol. The van der Waals surface area contributed by atoms with Crippen molar-refractivity contribution in [1.29, 1.82) is 0 Å². The summed E-state index contributed by atoms with van der Waals surface area (Å²) in [4.78, 5) is 17.5. The minimum absolute atomic E-state index is 0.162. The van der Waals surface area contributed by atoms with E-state index < -0.39 is 9.84 Å². The zero-order valence-electron chi connectivity index (χ0n) is 14.2. The lowest BCUT2D eigenvalue weighted by molar-refractivity contribution is 0.0963. The average molecular weight is 348 g/mol. The van der Waals surface area contributed by atoms with Crippen LogP contribution < -0.4 is 10.6 Å². The molecule has 134 valence electrons. The van der Waals surface area contributed by atoms with Gasteiger partial charge in [-0.1, -0.05) is 0 Å². The Morgan fingerprint density at radius 1 is 1.35 bits per heavy atom. The second-order valence-corrected chi connectivity index (χ2v) is 7.85. The number of carbonyl (C=O) groups excluding carboxylic acids is 1. The Bertz CT molecular complexity index is 499. The van der Waals surface area contributed by atoms with E-state index in [0.29, 0.717) is 38.6 Å². The van der Waals surface area contributed by atoms with Crippen LogP contribution in [0.2, 0.25) is 0 Å². The number of sulfone groups is 1. The lowest BCUT2D eigenvalue weighted by Gasteiger charge is -2.32. The quantitative estimate of drug-likeness (QED) is 0.404. The Balaban J connectivity index is 2.28. The summed E-state index contributed by atoms with van der Waals surface area (Å²) >= 11 is 0. The molecule has 23 heavy (non-hydrogen) atoms. The molecule has 1 amide bonds. The Kier molecular flexibility index (Phi) is 8.15. The average Bonchev–Trinajstić information content (AvgIpc) is 2.50. The van der Waals surface area contributed by atoms with Crippen LogP contribution in [-0.2, 0) is 14.6 Å². The van der Waals surface area contributed by atoms with Crippen molar-refractivity contribution in [1.82, 2.24) is 15.5 Å². The van der Waals surface area contributed by atoms with Gasteiger partial charge in [-0.25, -0.2) is 13.2 Å². The molecule has 0 unspecified atom stereocenters. The summed E-state index contributed by atoms with van der Waals surface area (Å²) in [5.41, 5.74) is 0. The molecular formula is C14H28N4O4S. The van der Waals surface area contributed by atoms with Crippen molar-refractivity contribution in [2.45, 2.75) is 32.2 Å². The highest BCUT2D eigenvalue weighted by molar-refractivity contribution is 7.90. The van der Waals surface area contributed by atoms with Crippen LogP contribution >= 0.6 is 0 Å². The largest absolute Gasteiger partial charge is 0.450 e. The minimum Gasteiger partial charge on any atom is -0.450 e. The van der Waals surface area contributed by atoms with Gasteiger partial charge in [-0.15, -0.1) is 0 Å². The Labute approximate surface area is 138 Å². The number of aliphatic imine (C=N–C) groups is 1. The van der Waals surface area contributed by atoms with Crippen molar-refractivity contribution in [3.8, 4) is 0 Å². The molecule has 0 saturated carbocycles. The number of nitrogens with one attached hydrogen (secondary N) is 2. The van der Waals surface area contributed by atoms with Gasteiger partial charge in [0, 0.05) is 39.0 Å². The number of likely N-dealkylation sites (tertiary alicyclic amines) is 1. The smallest absolute Gasteiger partial charge is 0.409 e. The SMILES string of the molecule is CCOC(=O)N1CCC(NC(=NC)NCCCS(C)(=O)=O)CC1. The van der Waals surface area contributed by atoms with Crippen LogP contribution in [0, 0.1) is 0 Å². The highest BCUT2D eigenvalue weighted by Crippen LogP contribution is 2.11. The van der Waals surface area contributed by atoms with E-state index in [1.807, 2.05) is 0 Å². The first-order valence-electron chi connectivity index (χ1n) is 7.92. The summed E-state index contributed by atoms with van der Waals surface area (Å²) < 4.78 is 27.2. The van der Waals surface area contributed by atoms with E-state index in [1.54, 1.807) is 18.9 Å². The van der Waals surface area contributed by atoms with Crippen LogP contribution in [0.1, 0.15) is 26.2 Å². The van der Waals surface area contributed by atoms with Crippen molar-refractivity contribution in [3.63, 3.8) is 0 Å². The lowest BCUT2D eigenvalue weighted by Crippen LogP contribution is -2.50. The van der Waals surface area contributed by atoms with Crippen LogP contribution in [0.25, 0.3) is 0 Å². The van der Waals surface area contributed by atoms with E-state index in [1.165, 1.54) is 6.26 Å². The van der Waals surface area contributed by atoms with Gasteiger partial charge in [-0.3, -0.25) is 4.99 Å². The van der Waals surface area contributed by atoms with E-state index in [9.17, 15) is 13.2 Å². The molecule has 0 aliphatic carbocycles. The predicted octanol–water partition coefficient (Wildman–Crippen LogP) is 0.207. The highest BCUT2D eigenvalue weighted by atomic mass is 32.2. The number of nitrogens with zero attached hydrogens (tertiary/aromatic N) is 2. The summed E-state index contributed by atoms with van der Waals surface area (Å²) in [7, 11) is -1.24. The first-order valence-corrected chi connectivity index (χ1v) is 9.98. The third-order valence-electron chi connectivity index (χ3n) is 3.57. The summed E-state index contributed by atoms with van der Waals surface area (Å²) in [6, 6.07) is 0.238. The first-order chi connectivity index (χ1) is 10.9. The molecule has 8 nitrogen and oxygen atoms in total. The fraction of sp³-hybridized carbons (Fsp3) is 0.857. The van der Waals surface area contributed by atoms with E-state index in [0.717, 1.165) is 12.8 Å². The third-order valence-corrected chi connectivity index (χ3v) is 4.60. The molecule has 0 atom stereocenters. The van der Waals surface area contributed by atoms with Gasteiger partial charge in [0.15, 0.2) is 5.96 Å². The van der Waals surface area contributed by atoms with Crippen molar-refractivity contribution in [2.75, 3.05) is 45.3 Å². The predicted molar refractivity (Wildman–Crippen MR) is 90.4 cm³/mol. The molecule has 1 heterocycles. The number of rotatable bonds is 6. The van der Waals surface area contributed by atoms with Gasteiger partial charge in [0.05, 0.1) is 12.4 Å². The van der Waals surface area contributed by atoms with Crippen LogP contribution in [-0.4, -0.2) is 76.7 Å². The van der Waals surface area contributed by atoms with Crippen LogP contribution in [0.15, 0.2) is 4.99 Å². The molecule has 1 fully saturated rings. The van der Waals surface area contributed by atoms with E-state index >= 15 is 0 Å². The number of hydrogen-bond acceptors (Lipinski definition) is 5. The molecule has 0 radical (unpaired) electrons. The fourth-order valence-corrected chi connectivity index (χ4v) is 3.02. The van der Waals surface area contributed by atoms with Gasteiger partial charge >= 0.3 is 6.09 Å². The van der Waals surface area contributed by atoms with Gasteiger partial charge in [0.25, 0.3) is 0 Å². The van der Waals surface area contributed by atoms with Crippen LogP contribution in [0.5, 0.6) is 0 Å². The van der Waals surface area contributed by atoms with Crippen molar-refractivity contribution in [2.24, 2.45) is 4.99 Å². The number of carbonyl (C=O) groups is 1. The molecule has 0 aromatic heterocycles. The van der Waals surface area contributed by atoms with E-state index in [-0.39, 0.29) is 17.9 Å². The number of piperidine rings is 1. The van der Waals surface area contributed by atoms with Crippen molar-refractivity contribution in [3.05, 3.63) is 0 Å². The molecule has 2 N–H and O–H groups in total. The summed E-state index contributed by atoms with van der Waals surface area (Å²) in [6.07, 6.45) is 3.17. The Hall–Kier alpha value is -1.51. The molecule has 0 aromatic carbocycles. The van der Waals surface area contributed by atoms with Gasteiger partial charge in [-0.05, 0) is 26.2 Å². The third kappa shape index (κ3) is 8.06. The van der Waals surface area contributed by atoms with Gasteiger partial charge < -0.3 is 20.3 Å². The van der Waals surface area contributed by atoms with E-state index in [2.05, 4.69) is 15.6 Å². The van der Waals surface area contributed by atoms with Gasteiger partial charge in [0.1, 0.15) is 9.84 Å². The van der Waals surface area contributed by atoms with Crippen molar-refractivity contribution >= 4 is 21.9 Å². The number of guanidine groups is 1. The number of amides is 1. The molecule has 0 bridgehead atoms. The fourth-order valence-electron chi connectivity index (χ4n) is 2.35. The molecule has 9 heteroatoms. The maximum Gasteiger partial charge on any atom is 0.409 e. The molecule has 0 aromatic rings. The Morgan fingerprint density at radius 3 is 2.52 bits per heavy atom. The maximum atomic E-state index is 11.6.